The minimum Gasteiger partial charge on any atom is -0.506 e. The molecule has 2 rings (SSSR count). The number of benzene rings is 1. The van der Waals surface area contributed by atoms with Gasteiger partial charge in [-0.2, -0.15) is 0 Å². The Morgan fingerprint density at radius 1 is 1.19 bits per heavy atom. The first-order chi connectivity index (χ1) is 9.97. The summed E-state index contributed by atoms with van der Waals surface area (Å²) in [7, 11) is 0. The summed E-state index contributed by atoms with van der Waals surface area (Å²) in [5.41, 5.74) is 1.25. The van der Waals surface area contributed by atoms with Crippen LogP contribution in [0.4, 0.5) is 0 Å². The van der Waals surface area contributed by atoms with Crippen LogP contribution in [0.5, 0.6) is 5.75 Å². The van der Waals surface area contributed by atoms with Crippen molar-refractivity contribution >= 4 is 31.9 Å². The van der Waals surface area contributed by atoms with E-state index in [2.05, 4.69) is 50.6 Å². The number of phenols is 1. The third-order valence-corrected chi connectivity index (χ3v) is 5.51. The molecule has 0 amide bonds. The first-order valence-corrected chi connectivity index (χ1v) is 9.47. The van der Waals surface area contributed by atoms with Crippen molar-refractivity contribution in [1.82, 2.24) is 4.90 Å². The van der Waals surface area contributed by atoms with Crippen LogP contribution in [0.15, 0.2) is 21.1 Å². The van der Waals surface area contributed by atoms with Gasteiger partial charge in [0.1, 0.15) is 5.75 Å². The summed E-state index contributed by atoms with van der Waals surface area (Å²) in [5.74, 6) is 1.03. The van der Waals surface area contributed by atoms with Gasteiger partial charge in [-0.3, -0.25) is 4.90 Å². The van der Waals surface area contributed by atoms with E-state index in [4.69, 9.17) is 0 Å². The second-order valence-corrected chi connectivity index (χ2v) is 8.21. The summed E-state index contributed by atoms with van der Waals surface area (Å²) in [4.78, 5) is 2.64. The molecule has 1 aliphatic carbocycles. The van der Waals surface area contributed by atoms with Crippen molar-refractivity contribution in [3.05, 3.63) is 26.6 Å². The lowest BCUT2D eigenvalue weighted by molar-refractivity contribution is 0.179. The van der Waals surface area contributed by atoms with Crippen molar-refractivity contribution < 1.29 is 5.11 Å². The monoisotopic (exact) mass is 417 g/mol. The fraction of sp³-hybridized carbons (Fsp3) is 0.647. The lowest BCUT2D eigenvalue weighted by Crippen LogP contribution is -2.34. The van der Waals surface area contributed by atoms with E-state index in [9.17, 15) is 5.11 Å². The molecule has 0 saturated heterocycles. The van der Waals surface area contributed by atoms with E-state index < -0.39 is 0 Å². The lowest BCUT2D eigenvalue weighted by Gasteiger charge is -2.29. The summed E-state index contributed by atoms with van der Waals surface area (Å²) in [6.07, 6.45) is 6.64. The van der Waals surface area contributed by atoms with Gasteiger partial charge in [0.05, 0.1) is 8.95 Å². The molecule has 0 heterocycles. The first-order valence-electron chi connectivity index (χ1n) is 7.88. The Balaban J connectivity index is 2.09. The Morgan fingerprint density at radius 2 is 1.76 bits per heavy atom. The van der Waals surface area contributed by atoms with E-state index >= 15 is 0 Å². The molecule has 1 aromatic carbocycles. The van der Waals surface area contributed by atoms with Crippen LogP contribution in [0, 0.1) is 5.92 Å². The topological polar surface area (TPSA) is 23.5 Å². The Bertz CT molecular complexity index is 447. The van der Waals surface area contributed by atoms with Crippen molar-refractivity contribution in [3.63, 3.8) is 0 Å². The zero-order chi connectivity index (χ0) is 15.4. The maximum atomic E-state index is 9.85. The first kappa shape index (κ1) is 17.3. The molecule has 118 valence electrons. The van der Waals surface area contributed by atoms with Crippen LogP contribution in [-0.2, 0) is 6.54 Å². The van der Waals surface area contributed by atoms with E-state index in [0.717, 1.165) is 27.4 Å². The number of phenolic OH excluding ortho intramolecular Hbond substituents is 1. The van der Waals surface area contributed by atoms with Crippen LogP contribution in [0.3, 0.4) is 0 Å². The molecule has 1 N–H and O–H groups in total. The highest BCUT2D eigenvalue weighted by Gasteiger charge is 2.23. The maximum Gasteiger partial charge on any atom is 0.143 e. The summed E-state index contributed by atoms with van der Waals surface area (Å²) < 4.78 is 1.53. The van der Waals surface area contributed by atoms with Crippen molar-refractivity contribution in [2.75, 3.05) is 6.54 Å². The molecule has 0 atom stereocenters. The summed E-state index contributed by atoms with van der Waals surface area (Å²) in [6, 6.07) is 4.81. The van der Waals surface area contributed by atoms with Gasteiger partial charge in [-0.15, -0.1) is 0 Å². The highest BCUT2D eigenvalue weighted by Crippen LogP contribution is 2.34. The number of rotatable bonds is 6. The maximum absolute atomic E-state index is 9.85. The normalized spacial score (nSPS) is 16.3. The van der Waals surface area contributed by atoms with Crippen molar-refractivity contribution in [3.8, 4) is 5.75 Å². The molecule has 1 aliphatic rings. The van der Waals surface area contributed by atoms with Crippen LogP contribution < -0.4 is 0 Å². The number of nitrogens with zero attached hydrogens (tertiary/aromatic N) is 1. The van der Waals surface area contributed by atoms with Gasteiger partial charge in [0.2, 0.25) is 0 Å². The molecule has 1 fully saturated rings. The zero-order valence-corrected chi connectivity index (χ0v) is 16.1. The van der Waals surface area contributed by atoms with E-state index in [0.29, 0.717) is 0 Å². The number of halogens is 2. The highest BCUT2D eigenvalue weighted by molar-refractivity contribution is 9.11. The largest absolute Gasteiger partial charge is 0.506 e. The van der Waals surface area contributed by atoms with Crippen LogP contribution in [0.25, 0.3) is 0 Å². The molecule has 0 bridgehead atoms. The minimum atomic E-state index is 0.286. The zero-order valence-electron chi connectivity index (χ0n) is 12.9. The van der Waals surface area contributed by atoms with E-state index in [1.54, 1.807) is 0 Å². The smallest absolute Gasteiger partial charge is 0.143 e. The number of hydrogen-bond donors (Lipinski definition) is 1. The lowest BCUT2D eigenvalue weighted by atomic mass is 10.1. The molecule has 21 heavy (non-hydrogen) atoms. The molecule has 1 aromatic rings. The SMILES string of the molecule is CC(C)CCN(Cc1cc(Br)c(O)c(Br)c1)C1CCCC1. The summed E-state index contributed by atoms with van der Waals surface area (Å²) in [5, 5.41) is 9.85. The highest BCUT2D eigenvalue weighted by atomic mass is 79.9. The van der Waals surface area contributed by atoms with Crippen molar-refractivity contribution in [1.29, 1.82) is 0 Å². The van der Waals surface area contributed by atoms with Gasteiger partial charge in [0.25, 0.3) is 0 Å². The standard InChI is InChI=1S/C17H25Br2NO/c1-12(2)7-8-20(14-5-3-4-6-14)11-13-9-15(18)17(21)16(19)10-13/h9-10,12,14,21H,3-8,11H2,1-2H3. The Kier molecular flexibility index (Phi) is 6.57. The molecule has 0 aromatic heterocycles. The molecule has 0 unspecified atom stereocenters. The van der Waals surface area contributed by atoms with E-state index in [-0.39, 0.29) is 5.75 Å². The van der Waals surface area contributed by atoms with Crippen LogP contribution in [0.2, 0.25) is 0 Å². The molecule has 1 saturated carbocycles. The Labute approximate surface area is 145 Å². The quantitative estimate of drug-likeness (QED) is 0.639. The summed E-state index contributed by atoms with van der Waals surface area (Å²) in [6.45, 7) is 6.72. The van der Waals surface area contributed by atoms with Gasteiger partial charge >= 0.3 is 0 Å². The van der Waals surface area contributed by atoms with Crippen LogP contribution >= 0.6 is 31.9 Å². The number of aromatic hydroxyl groups is 1. The average molecular weight is 419 g/mol. The van der Waals surface area contributed by atoms with Crippen molar-refractivity contribution in [2.24, 2.45) is 5.92 Å². The molecule has 0 spiro atoms. The van der Waals surface area contributed by atoms with Crippen LogP contribution in [-0.4, -0.2) is 22.6 Å². The van der Waals surface area contributed by atoms with Gasteiger partial charge in [-0.05, 0) is 81.3 Å². The molecule has 4 heteroatoms. The Morgan fingerprint density at radius 3 is 2.29 bits per heavy atom. The molecule has 0 aliphatic heterocycles. The molecular weight excluding hydrogens is 394 g/mol. The third-order valence-electron chi connectivity index (χ3n) is 4.30. The molecule has 0 radical (unpaired) electrons. The minimum absolute atomic E-state index is 0.286. The van der Waals surface area contributed by atoms with Gasteiger partial charge in [0, 0.05) is 12.6 Å². The fourth-order valence-corrected chi connectivity index (χ4v) is 4.31. The fourth-order valence-electron chi connectivity index (χ4n) is 3.03. The van der Waals surface area contributed by atoms with Gasteiger partial charge in [0.15, 0.2) is 0 Å². The second kappa shape index (κ2) is 7.98. The van der Waals surface area contributed by atoms with Gasteiger partial charge < -0.3 is 5.11 Å². The molecule has 2 nitrogen and oxygen atoms in total. The van der Waals surface area contributed by atoms with E-state index in [1.165, 1.54) is 44.2 Å². The van der Waals surface area contributed by atoms with E-state index in [1.807, 2.05) is 12.1 Å². The summed E-state index contributed by atoms with van der Waals surface area (Å²) >= 11 is 6.87. The van der Waals surface area contributed by atoms with Gasteiger partial charge in [-0.1, -0.05) is 26.7 Å². The predicted molar refractivity (Wildman–Crippen MR) is 95.6 cm³/mol. The molecular formula is C17H25Br2NO. The predicted octanol–water partition coefficient (Wildman–Crippen LogP) is 5.71. The van der Waals surface area contributed by atoms with Gasteiger partial charge in [-0.25, -0.2) is 0 Å². The van der Waals surface area contributed by atoms with Crippen molar-refractivity contribution in [2.45, 2.75) is 58.5 Å². The number of hydrogen-bond acceptors (Lipinski definition) is 2. The third kappa shape index (κ3) is 4.97. The van der Waals surface area contributed by atoms with Crippen LogP contribution in [0.1, 0.15) is 51.5 Å². The average Bonchev–Trinajstić information content (AvgIpc) is 2.94. The Hall–Kier alpha value is -0.0600. The second-order valence-electron chi connectivity index (χ2n) is 6.50.